The highest BCUT2D eigenvalue weighted by atomic mass is 32.1. The van der Waals surface area contributed by atoms with Gasteiger partial charge in [0.2, 0.25) is 0 Å². The third-order valence-corrected chi connectivity index (χ3v) is 5.38. The zero-order valence-corrected chi connectivity index (χ0v) is 17.0. The highest BCUT2D eigenvalue weighted by molar-refractivity contribution is 7.19. The summed E-state index contributed by atoms with van der Waals surface area (Å²) < 4.78 is 12.5. The number of benzene rings is 1. The molecule has 0 saturated carbocycles. The fraction of sp³-hybridized carbons (Fsp3) is 0.368. The minimum Gasteiger partial charge on any atom is -0.497 e. The van der Waals surface area contributed by atoms with Crippen molar-refractivity contribution < 1.29 is 14.3 Å². The fourth-order valence-electron chi connectivity index (χ4n) is 2.85. The van der Waals surface area contributed by atoms with E-state index >= 15 is 0 Å². The summed E-state index contributed by atoms with van der Waals surface area (Å²) in [6.45, 7) is 3.14. The Bertz CT molecular complexity index is 961. The van der Waals surface area contributed by atoms with E-state index in [4.69, 9.17) is 14.5 Å². The molecule has 0 radical (unpaired) electrons. The number of fused-ring (bicyclic) bond motifs is 1. The monoisotopic (exact) mass is 388 g/mol. The van der Waals surface area contributed by atoms with Gasteiger partial charge >= 0.3 is 0 Å². The number of amides is 1. The van der Waals surface area contributed by atoms with Crippen LogP contribution in [-0.2, 0) is 4.74 Å². The van der Waals surface area contributed by atoms with Crippen LogP contribution in [0.5, 0.6) is 5.75 Å². The maximum absolute atomic E-state index is 12.5. The molecule has 0 atom stereocenters. The Labute approximate surface area is 162 Å². The SMILES string of the molecule is COCCNc1c(-c2cccc(OC)c2)nc2sc(C(=O)N(C)C)c(C)n12. The molecule has 1 aromatic carbocycles. The third-order valence-electron chi connectivity index (χ3n) is 4.25. The first-order valence-corrected chi connectivity index (χ1v) is 9.40. The molecule has 0 saturated heterocycles. The summed E-state index contributed by atoms with van der Waals surface area (Å²) in [5.74, 6) is 1.60. The standard InChI is InChI=1S/C19H24N4O3S/c1-12-16(18(24)22(2)3)27-19-21-15(13-7-6-8-14(11-13)26-5)17(23(12)19)20-9-10-25-4/h6-8,11,20H,9-10H2,1-5H3. The van der Waals surface area contributed by atoms with Gasteiger partial charge in [-0.25, -0.2) is 4.98 Å². The molecule has 0 aliphatic carbocycles. The topological polar surface area (TPSA) is 68.1 Å². The average molecular weight is 388 g/mol. The number of nitrogens with zero attached hydrogens (tertiary/aromatic N) is 3. The first kappa shape index (κ1) is 19.2. The van der Waals surface area contributed by atoms with Crippen LogP contribution in [0, 0.1) is 6.92 Å². The number of ether oxygens (including phenoxy) is 2. The normalized spacial score (nSPS) is 11.0. The minimum atomic E-state index is -0.0197. The lowest BCUT2D eigenvalue weighted by atomic mass is 10.1. The number of anilines is 1. The lowest BCUT2D eigenvalue weighted by Gasteiger charge is -2.11. The molecule has 27 heavy (non-hydrogen) atoms. The summed E-state index contributed by atoms with van der Waals surface area (Å²) in [5, 5.41) is 3.41. The molecular formula is C19H24N4O3S. The second-order valence-corrected chi connectivity index (χ2v) is 7.27. The van der Waals surface area contributed by atoms with E-state index in [-0.39, 0.29) is 5.91 Å². The molecule has 0 fully saturated rings. The minimum absolute atomic E-state index is 0.0197. The molecule has 144 valence electrons. The maximum atomic E-state index is 12.5. The van der Waals surface area contributed by atoms with Crippen molar-refractivity contribution in [1.82, 2.24) is 14.3 Å². The Kier molecular flexibility index (Phi) is 5.67. The van der Waals surface area contributed by atoms with Crippen LogP contribution in [0.2, 0.25) is 0 Å². The molecule has 2 heterocycles. The van der Waals surface area contributed by atoms with Crippen molar-refractivity contribution in [3.63, 3.8) is 0 Å². The van der Waals surface area contributed by atoms with Crippen molar-refractivity contribution in [2.24, 2.45) is 0 Å². The maximum Gasteiger partial charge on any atom is 0.265 e. The van der Waals surface area contributed by atoms with Gasteiger partial charge in [0, 0.05) is 39.0 Å². The van der Waals surface area contributed by atoms with Gasteiger partial charge in [0.15, 0.2) is 4.96 Å². The molecule has 1 N–H and O–H groups in total. The van der Waals surface area contributed by atoms with Crippen LogP contribution in [0.25, 0.3) is 16.2 Å². The van der Waals surface area contributed by atoms with Crippen molar-refractivity contribution in [2.75, 3.05) is 46.8 Å². The summed E-state index contributed by atoms with van der Waals surface area (Å²) in [7, 11) is 6.82. The van der Waals surface area contributed by atoms with Gasteiger partial charge in [0.1, 0.15) is 22.1 Å². The number of thiazole rings is 1. The lowest BCUT2D eigenvalue weighted by molar-refractivity contribution is 0.0831. The van der Waals surface area contributed by atoms with E-state index < -0.39 is 0 Å². The molecule has 0 aliphatic rings. The molecule has 0 spiro atoms. The highest BCUT2D eigenvalue weighted by Gasteiger charge is 2.23. The number of imidazole rings is 1. The van der Waals surface area contributed by atoms with Gasteiger partial charge in [-0.3, -0.25) is 9.20 Å². The molecule has 0 bridgehead atoms. The number of rotatable bonds is 7. The molecule has 3 rings (SSSR count). The highest BCUT2D eigenvalue weighted by Crippen LogP contribution is 2.35. The average Bonchev–Trinajstić information content (AvgIpc) is 3.18. The number of aromatic nitrogens is 2. The van der Waals surface area contributed by atoms with Gasteiger partial charge in [0.05, 0.1) is 13.7 Å². The number of carbonyl (C=O) groups is 1. The third kappa shape index (κ3) is 3.63. The smallest absolute Gasteiger partial charge is 0.265 e. The Morgan fingerprint density at radius 2 is 2.11 bits per heavy atom. The number of carbonyl (C=O) groups excluding carboxylic acids is 1. The van der Waals surface area contributed by atoms with Crippen molar-refractivity contribution in [1.29, 1.82) is 0 Å². The zero-order valence-electron chi connectivity index (χ0n) is 16.2. The second-order valence-electron chi connectivity index (χ2n) is 6.29. The molecule has 7 nitrogen and oxygen atoms in total. The van der Waals surface area contributed by atoms with Gasteiger partial charge in [-0.15, -0.1) is 0 Å². The molecular weight excluding hydrogens is 364 g/mol. The van der Waals surface area contributed by atoms with E-state index in [9.17, 15) is 4.79 Å². The Balaban J connectivity index is 2.15. The van der Waals surface area contributed by atoms with Crippen molar-refractivity contribution in [2.45, 2.75) is 6.92 Å². The van der Waals surface area contributed by atoms with E-state index in [2.05, 4.69) is 5.32 Å². The first-order valence-electron chi connectivity index (χ1n) is 8.58. The van der Waals surface area contributed by atoms with Crippen molar-refractivity contribution >= 4 is 28.0 Å². The van der Waals surface area contributed by atoms with Crippen LogP contribution in [0.15, 0.2) is 24.3 Å². The number of hydrogen-bond donors (Lipinski definition) is 1. The van der Waals surface area contributed by atoms with Crippen LogP contribution in [0.4, 0.5) is 5.82 Å². The number of hydrogen-bond acceptors (Lipinski definition) is 6. The van der Waals surface area contributed by atoms with Gasteiger partial charge in [-0.05, 0) is 19.1 Å². The summed E-state index contributed by atoms with van der Waals surface area (Å²) >= 11 is 1.40. The summed E-state index contributed by atoms with van der Waals surface area (Å²) in [4.78, 5) is 20.3. The molecule has 0 aliphatic heterocycles. The van der Waals surface area contributed by atoms with Crippen molar-refractivity contribution in [3.05, 3.63) is 34.8 Å². The van der Waals surface area contributed by atoms with E-state index in [1.54, 1.807) is 33.2 Å². The predicted octanol–water partition coefficient (Wildman–Crippen LogP) is 3.14. The Morgan fingerprint density at radius 1 is 1.33 bits per heavy atom. The zero-order chi connectivity index (χ0) is 19.6. The summed E-state index contributed by atoms with van der Waals surface area (Å²) in [5.41, 5.74) is 2.64. The van der Waals surface area contributed by atoms with Crippen LogP contribution in [-0.4, -0.2) is 61.7 Å². The van der Waals surface area contributed by atoms with Crippen molar-refractivity contribution in [3.8, 4) is 17.0 Å². The first-order chi connectivity index (χ1) is 13.0. The Morgan fingerprint density at radius 3 is 2.78 bits per heavy atom. The largest absolute Gasteiger partial charge is 0.497 e. The van der Waals surface area contributed by atoms with Crippen LogP contribution < -0.4 is 10.1 Å². The predicted molar refractivity (Wildman–Crippen MR) is 108 cm³/mol. The van der Waals surface area contributed by atoms with E-state index in [0.717, 1.165) is 33.5 Å². The fourth-order valence-corrected chi connectivity index (χ4v) is 4.00. The van der Waals surface area contributed by atoms with Gasteiger partial charge < -0.3 is 19.7 Å². The molecule has 2 aromatic heterocycles. The lowest BCUT2D eigenvalue weighted by Crippen LogP contribution is -2.21. The molecule has 8 heteroatoms. The van der Waals surface area contributed by atoms with Crippen LogP contribution in [0.1, 0.15) is 15.4 Å². The number of aryl methyl sites for hydroxylation is 1. The van der Waals surface area contributed by atoms with E-state index in [0.29, 0.717) is 18.0 Å². The van der Waals surface area contributed by atoms with Gasteiger partial charge in [-0.1, -0.05) is 23.5 Å². The van der Waals surface area contributed by atoms with Gasteiger partial charge in [-0.2, -0.15) is 0 Å². The van der Waals surface area contributed by atoms with Gasteiger partial charge in [0.25, 0.3) is 5.91 Å². The number of methoxy groups -OCH3 is 2. The molecule has 1 amide bonds. The molecule has 0 unspecified atom stereocenters. The molecule has 3 aromatic rings. The summed E-state index contributed by atoms with van der Waals surface area (Å²) in [6, 6.07) is 7.79. The quantitative estimate of drug-likeness (QED) is 0.630. The second kappa shape index (κ2) is 7.98. The Hall–Kier alpha value is -2.58. The van der Waals surface area contributed by atoms with E-state index in [1.807, 2.05) is 35.6 Å². The van der Waals surface area contributed by atoms with E-state index in [1.165, 1.54) is 11.3 Å². The summed E-state index contributed by atoms with van der Waals surface area (Å²) in [6.07, 6.45) is 0. The van der Waals surface area contributed by atoms with Crippen LogP contribution >= 0.6 is 11.3 Å². The number of nitrogens with one attached hydrogen (secondary N) is 1. The van der Waals surface area contributed by atoms with Crippen LogP contribution in [0.3, 0.4) is 0 Å².